The lowest BCUT2D eigenvalue weighted by Crippen LogP contribution is -2.14. The van der Waals surface area contributed by atoms with Crippen LogP contribution in [0, 0.1) is 0 Å². The molecule has 1 aromatic heterocycles. The highest BCUT2D eigenvalue weighted by Crippen LogP contribution is 2.27. The molecule has 0 amide bonds. The van der Waals surface area contributed by atoms with E-state index in [0.29, 0.717) is 5.56 Å². The summed E-state index contributed by atoms with van der Waals surface area (Å²) in [6.07, 6.45) is 1.31. The number of benzene rings is 2. The Bertz CT molecular complexity index is 830. The minimum atomic E-state index is -3.73. The van der Waals surface area contributed by atoms with Crippen LogP contribution in [0.2, 0.25) is 0 Å². The molecule has 3 aromatic rings. The average Bonchev–Trinajstić information content (AvgIpc) is 3.00. The third kappa shape index (κ3) is 2.77. The maximum Gasteiger partial charge on any atom is 0.263 e. The van der Waals surface area contributed by atoms with Crippen molar-refractivity contribution in [1.29, 1.82) is 0 Å². The summed E-state index contributed by atoms with van der Waals surface area (Å²) in [5.41, 5.74) is 1.47. The fourth-order valence-corrected chi connectivity index (χ4v) is 3.22. The molecule has 0 saturated carbocycles. The minimum Gasteiger partial charge on any atom is -0.260 e. The minimum absolute atomic E-state index is 0.151. The zero-order valence-corrected chi connectivity index (χ0v) is 11.7. The number of aromatic nitrogens is 3. The molecule has 2 aromatic carbocycles. The van der Waals surface area contributed by atoms with Gasteiger partial charge >= 0.3 is 0 Å². The van der Waals surface area contributed by atoms with Gasteiger partial charge in [0.2, 0.25) is 0 Å². The van der Waals surface area contributed by atoms with Crippen LogP contribution >= 0.6 is 0 Å². The van der Waals surface area contributed by atoms with Crippen molar-refractivity contribution in [3.05, 3.63) is 60.8 Å². The van der Waals surface area contributed by atoms with E-state index in [1.807, 2.05) is 30.3 Å². The third-order valence-electron chi connectivity index (χ3n) is 2.92. The smallest absolute Gasteiger partial charge is 0.260 e. The lowest BCUT2D eigenvalue weighted by Gasteiger charge is -2.10. The van der Waals surface area contributed by atoms with Crippen molar-refractivity contribution in [2.75, 3.05) is 4.72 Å². The molecular weight excluding hydrogens is 288 g/mol. The van der Waals surface area contributed by atoms with Gasteiger partial charge in [0.15, 0.2) is 5.82 Å². The normalized spacial score (nSPS) is 11.2. The van der Waals surface area contributed by atoms with Crippen LogP contribution in [0.3, 0.4) is 0 Å². The lowest BCUT2D eigenvalue weighted by atomic mass is 10.1. The molecule has 0 aliphatic carbocycles. The molecule has 21 heavy (non-hydrogen) atoms. The van der Waals surface area contributed by atoms with Gasteiger partial charge in [0.1, 0.15) is 0 Å². The largest absolute Gasteiger partial charge is 0.263 e. The number of sulfonamides is 1. The topological polar surface area (TPSA) is 87.7 Å². The van der Waals surface area contributed by atoms with E-state index in [0.717, 1.165) is 5.56 Å². The van der Waals surface area contributed by atoms with Gasteiger partial charge in [-0.1, -0.05) is 48.5 Å². The van der Waals surface area contributed by atoms with E-state index in [1.54, 1.807) is 24.3 Å². The van der Waals surface area contributed by atoms with E-state index in [9.17, 15) is 8.42 Å². The van der Waals surface area contributed by atoms with Gasteiger partial charge < -0.3 is 0 Å². The molecular formula is C14H12N4O2S. The van der Waals surface area contributed by atoms with Gasteiger partial charge in [0.25, 0.3) is 10.0 Å². The van der Waals surface area contributed by atoms with Crippen molar-refractivity contribution in [2.45, 2.75) is 4.90 Å². The van der Waals surface area contributed by atoms with Crippen LogP contribution in [-0.4, -0.2) is 23.8 Å². The Morgan fingerprint density at radius 1 is 0.952 bits per heavy atom. The summed E-state index contributed by atoms with van der Waals surface area (Å²) in [5.74, 6) is 0.151. The molecule has 0 atom stereocenters. The molecule has 0 fully saturated rings. The van der Waals surface area contributed by atoms with E-state index in [1.165, 1.54) is 6.20 Å². The summed E-state index contributed by atoms with van der Waals surface area (Å²) >= 11 is 0. The van der Waals surface area contributed by atoms with Crippen molar-refractivity contribution in [1.82, 2.24) is 15.4 Å². The first kappa shape index (κ1) is 13.3. The zero-order chi connectivity index (χ0) is 14.7. The second-order valence-electron chi connectivity index (χ2n) is 4.32. The Balaban J connectivity index is 2.07. The summed E-state index contributed by atoms with van der Waals surface area (Å²) in [5, 5.41) is 9.64. The zero-order valence-electron chi connectivity index (χ0n) is 10.9. The van der Waals surface area contributed by atoms with Crippen molar-refractivity contribution >= 4 is 15.8 Å². The van der Waals surface area contributed by atoms with E-state index in [4.69, 9.17) is 0 Å². The van der Waals surface area contributed by atoms with E-state index in [-0.39, 0.29) is 10.7 Å². The van der Waals surface area contributed by atoms with Gasteiger partial charge in [-0.25, -0.2) is 8.42 Å². The molecule has 6 nitrogen and oxygen atoms in total. The van der Waals surface area contributed by atoms with Gasteiger partial charge in [0, 0.05) is 5.56 Å². The molecule has 7 heteroatoms. The van der Waals surface area contributed by atoms with E-state index in [2.05, 4.69) is 20.1 Å². The molecule has 1 heterocycles. The Kier molecular flexibility index (Phi) is 3.41. The van der Waals surface area contributed by atoms with Gasteiger partial charge in [-0.2, -0.15) is 10.3 Å². The Labute approximate surface area is 121 Å². The summed E-state index contributed by atoms with van der Waals surface area (Å²) in [6, 6.07) is 16.2. The number of hydrogen-bond donors (Lipinski definition) is 2. The van der Waals surface area contributed by atoms with Crippen molar-refractivity contribution in [2.24, 2.45) is 0 Å². The molecule has 0 spiro atoms. The maximum atomic E-state index is 12.5. The molecule has 0 saturated heterocycles. The van der Waals surface area contributed by atoms with Crippen LogP contribution in [0.5, 0.6) is 0 Å². The highest BCUT2D eigenvalue weighted by Gasteiger charge is 2.19. The number of aromatic amines is 1. The second kappa shape index (κ2) is 5.37. The molecule has 2 N–H and O–H groups in total. The standard InChI is InChI=1S/C14H12N4O2S/c19-21(20,17-14-10-15-18-16-14)13-9-5-4-8-12(13)11-6-2-1-3-7-11/h1-10H,(H2,15,16,17,18). The Hall–Kier alpha value is -2.67. The van der Waals surface area contributed by atoms with Gasteiger partial charge in [-0.3, -0.25) is 4.72 Å². The first-order chi connectivity index (χ1) is 10.2. The number of hydrogen-bond acceptors (Lipinski definition) is 4. The maximum absolute atomic E-state index is 12.5. The van der Waals surface area contributed by atoms with Crippen LogP contribution in [0.15, 0.2) is 65.7 Å². The number of rotatable bonds is 4. The highest BCUT2D eigenvalue weighted by molar-refractivity contribution is 7.92. The number of H-pyrrole nitrogens is 1. The lowest BCUT2D eigenvalue weighted by molar-refractivity contribution is 0.601. The molecule has 106 valence electrons. The van der Waals surface area contributed by atoms with E-state index < -0.39 is 10.0 Å². The Morgan fingerprint density at radius 2 is 1.67 bits per heavy atom. The van der Waals surface area contributed by atoms with Crippen LogP contribution < -0.4 is 4.72 Å². The molecule has 3 rings (SSSR count). The quantitative estimate of drug-likeness (QED) is 0.773. The first-order valence-corrected chi connectivity index (χ1v) is 7.68. The third-order valence-corrected chi connectivity index (χ3v) is 4.33. The predicted octanol–water partition coefficient (Wildman–Crippen LogP) is 2.27. The summed E-state index contributed by atoms with van der Waals surface area (Å²) < 4.78 is 27.4. The second-order valence-corrected chi connectivity index (χ2v) is 5.97. The van der Waals surface area contributed by atoms with Crippen molar-refractivity contribution < 1.29 is 8.42 Å². The van der Waals surface area contributed by atoms with Crippen molar-refractivity contribution in [3.8, 4) is 11.1 Å². The molecule has 0 aliphatic rings. The fourth-order valence-electron chi connectivity index (χ4n) is 2.00. The van der Waals surface area contributed by atoms with Gasteiger partial charge in [-0.05, 0) is 11.6 Å². The number of anilines is 1. The predicted molar refractivity (Wildman–Crippen MR) is 79.1 cm³/mol. The number of nitrogens with one attached hydrogen (secondary N) is 2. The molecule has 0 unspecified atom stereocenters. The molecule has 0 radical (unpaired) electrons. The van der Waals surface area contributed by atoms with Gasteiger partial charge in [0.05, 0.1) is 11.1 Å². The monoisotopic (exact) mass is 300 g/mol. The van der Waals surface area contributed by atoms with Gasteiger partial charge in [-0.15, -0.1) is 5.10 Å². The van der Waals surface area contributed by atoms with E-state index >= 15 is 0 Å². The first-order valence-electron chi connectivity index (χ1n) is 6.20. The molecule has 0 bridgehead atoms. The SMILES string of the molecule is O=S(=O)(Nc1cn[nH]n1)c1ccccc1-c1ccccc1. The summed E-state index contributed by atoms with van der Waals surface area (Å²) in [7, 11) is -3.73. The van der Waals surface area contributed by atoms with Crippen LogP contribution in [0.1, 0.15) is 0 Å². The number of nitrogens with zero attached hydrogens (tertiary/aromatic N) is 2. The van der Waals surface area contributed by atoms with Crippen LogP contribution in [0.4, 0.5) is 5.82 Å². The Morgan fingerprint density at radius 3 is 2.38 bits per heavy atom. The highest BCUT2D eigenvalue weighted by atomic mass is 32.2. The fraction of sp³-hybridized carbons (Fsp3) is 0. The summed E-state index contributed by atoms with van der Waals surface area (Å²) in [4.78, 5) is 0.194. The molecule has 0 aliphatic heterocycles. The summed E-state index contributed by atoms with van der Waals surface area (Å²) in [6.45, 7) is 0. The van der Waals surface area contributed by atoms with Crippen LogP contribution in [0.25, 0.3) is 11.1 Å². The average molecular weight is 300 g/mol. The van der Waals surface area contributed by atoms with Crippen LogP contribution in [-0.2, 0) is 10.0 Å². The van der Waals surface area contributed by atoms with Crippen molar-refractivity contribution in [3.63, 3.8) is 0 Å².